The minimum absolute atomic E-state index is 0.0142. The number of aryl methyl sites for hydroxylation is 1. The Morgan fingerprint density at radius 1 is 1.00 bits per heavy atom. The van der Waals surface area contributed by atoms with Crippen molar-refractivity contribution in [1.82, 2.24) is 10.2 Å². The molecular formula is C24H39N3O3. The van der Waals surface area contributed by atoms with Crippen LogP contribution in [0.15, 0.2) is 24.3 Å². The molecule has 0 aliphatic rings. The molecule has 6 nitrogen and oxygen atoms in total. The van der Waals surface area contributed by atoms with Crippen LogP contribution in [0.4, 0.5) is 5.69 Å². The summed E-state index contributed by atoms with van der Waals surface area (Å²) in [6.45, 7) is 14.9. The van der Waals surface area contributed by atoms with Gasteiger partial charge in [0.15, 0.2) is 0 Å². The summed E-state index contributed by atoms with van der Waals surface area (Å²) in [5.74, 6) is -0.140. The molecule has 2 N–H and O–H groups in total. The van der Waals surface area contributed by atoms with Crippen LogP contribution in [0.2, 0.25) is 0 Å². The molecule has 0 aliphatic carbocycles. The Morgan fingerprint density at radius 3 is 2.13 bits per heavy atom. The summed E-state index contributed by atoms with van der Waals surface area (Å²) >= 11 is 0. The van der Waals surface area contributed by atoms with Crippen LogP contribution in [0.3, 0.4) is 0 Å². The van der Waals surface area contributed by atoms with Crippen molar-refractivity contribution in [2.45, 2.75) is 61.3 Å². The van der Waals surface area contributed by atoms with E-state index in [1.165, 1.54) is 0 Å². The first kappa shape index (κ1) is 25.7. The van der Waals surface area contributed by atoms with Gasteiger partial charge in [-0.05, 0) is 42.7 Å². The molecule has 30 heavy (non-hydrogen) atoms. The summed E-state index contributed by atoms with van der Waals surface area (Å²) in [7, 11) is 0. The maximum absolute atomic E-state index is 12.8. The third-order valence-corrected chi connectivity index (χ3v) is 4.54. The summed E-state index contributed by atoms with van der Waals surface area (Å²) in [6, 6.07) is 7.45. The SMILES string of the molecule is Cc1ccc(NC(=O)CNC(=O)CN(CC(C)C)C(=O)CC(C)CC(C)(C)C)cc1. The number of benzene rings is 1. The molecular weight excluding hydrogens is 378 g/mol. The fourth-order valence-electron chi connectivity index (χ4n) is 3.49. The van der Waals surface area contributed by atoms with Crippen molar-refractivity contribution < 1.29 is 14.4 Å². The minimum Gasteiger partial charge on any atom is -0.345 e. The molecule has 3 amide bonds. The molecule has 0 spiro atoms. The Labute approximate surface area is 181 Å². The van der Waals surface area contributed by atoms with Crippen LogP contribution in [0, 0.1) is 24.2 Å². The van der Waals surface area contributed by atoms with Crippen LogP contribution in [0.5, 0.6) is 0 Å². The third-order valence-electron chi connectivity index (χ3n) is 4.54. The van der Waals surface area contributed by atoms with E-state index < -0.39 is 0 Å². The van der Waals surface area contributed by atoms with Crippen LogP contribution in [-0.2, 0) is 14.4 Å². The Morgan fingerprint density at radius 2 is 1.60 bits per heavy atom. The lowest BCUT2D eigenvalue weighted by Gasteiger charge is -2.27. The van der Waals surface area contributed by atoms with Crippen molar-refractivity contribution in [3.05, 3.63) is 29.8 Å². The molecule has 0 saturated carbocycles. The summed E-state index contributed by atoms with van der Waals surface area (Å²) in [5, 5.41) is 5.37. The Hall–Kier alpha value is -2.37. The van der Waals surface area contributed by atoms with Gasteiger partial charge in [-0.1, -0.05) is 59.2 Å². The fraction of sp³-hybridized carbons (Fsp3) is 0.625. The van der Waals surface area contributed by atoms with Gasteiger partial charge in [0.2, 0.25) is 17.7 Å². The number of rotatable bonds is 10. The van der Waals surface area contributed by atoms with E-state index in [9.17, 15) is 14.4 Å². The predicted molar refractivity (Wildman–Crippen MR) is 122 cm³/mol. The van der Waals surface area contributed by atoms with Gasteiger partial charge < -0.3 is 15.5 Å². The maximum atomic E-state index is 12.8. The molecule has 1 atom stereocenters. The average Bonchev–Trinajstić information content (AvgIpc) is 2.59. The standard InChI is InChI=1S/C24H39N3O3/c1-17(2)15-27(23(30)12-19(4)13-24(5,6)7)16-22(29)25-14-21(28)26-20-10-8-18(3)9-11-20/h8-11,17,19H,12-16H2,1-7H3,(H,25,29)(H,26,28). The highest BCUT2D eigenvalue weighted by Crippen LogP contribution is 2.26. The molecule has 1 rings (SSSR count). The van der Waals surface area contributed by atoms with Gasteiger partial charge in [0.05, 0.1) is 13.1 Å². The van der Waals surface area contributed by atoms with E-state index in [2.05, 4.69) is 38.3 Å². The number of hydrogen-bond acceptors (Lipinski definition) is 3. The monoisotopic (exact) mass is 417 g/mol. The van der Waals surface area contributed by atoms with Crippen molar-refractivity contribution in [3.8, 4) is 0 Å². The van der Waals surface area contributed by atoms with Crippen molar-refractivity contribution in [2.75, 3.05) is 25.0 Å². The third kappa shape index (κ3) is 11.0. The van der Waals surface area contributed by atoms with Crippen molar-refractivity contribution >= 4 is 23.4 Å². The lowest BCUT2D eigenvalue weighted by atomic mass is 9.84. The first-order chi connectivity index (χ1) is 13.9. The topological polar surface area (TPSA) is 78.5 Å². The zero-order valence-electron chi connectivity index (χ0n) is 19.7. The highest BCUT2D eigenvalue weighted by atomic mass is 16.2. The van der Waals surface area contributed by atoms with E-state index in [1.807, 2.05) is 45.0 Å². The average molecular weight is 418 g/mol. The molecule has 0 fully saturated rings. The number of nitrogens with zero attached hydrogens (tertiary/aromatic N) is 1. The van der Waals surface area contributed by atoms with Crippen molar-refractivity contribution in [2.24, 2.45) is 17.3 Å². The van der Waals surface area contributed by atoms with E-state index in [-0.39, 0.29) is 48.1 Å². The number of carbonyl (C=O) groups excluding carboxylic acids is 3. The van der Waals surface area contributed by atoms with Gasteiger partial charge in [-0.25, -0.2) is 0 Å². The van der Waals surface area contributed by atoms with Crippen LogP contribution >= 0.6 is 0 Å². The van der Waals surface area contributed by atoms with Gasteiger partial charge in [0, 0.05) is 18.7 Å². The number of carbonyl (C=O) groups is 3. The summed E-state index contributed by atoms with van der Waals surface area (Å²) in [4.78, 5) is 38.8. The molecule has 1 aromatic rings. The maximum Gasteiger partial charge on any atom is 0.243 e. The van der Waals surface area contributed by atoms with E-state index >= 15 is 0 Å². The predicted octanol–water partition coefficient (Wildman–Crippen LogP) is 4.00. The van der Waals surface area contributed by atoms with Gasteiger partial charge in [0.25, 0.3) is 0 Å². The zero-order chi connectivity index (χ0) is 22.9. The largest absolute Gasteiger partial charge is 0.345 e. The molecule has 6 heteroatoms. The highest BCUT2D eigenvalue weighted by Gasteiger charge is 2.23. The molecule has 0 aromatic heterocycles. The second-order valence-corrected chi connectivity index (χ2v) is 9.93. The number of nitrogens with one attached hydrogen (secondary N) is 2. The molecule has 0 aliphatic heterocycles. The molecule has 168 valence electrons. The molecule has 0 bridgehead atoms. The van der Waals surface area contributed by atoms with E-state index in [4.69, 9.17) is 0 Å². The van der Waals surface area contributed by atoms with Crippen molar-refractivity contribution in [3.63, 3.8) is 0 Å². The summed E-state index contributed by atoms with van der Waals surface area (Å²) in [5.41, 5.74) is 1.95. The molecule has 1 aromatic carbocycles. The van der Waals surface area contributed by atoms with Crippen LogP contribution in [-0.4, -0.2) is 42.3 Å². The van der Waals surface area contributed by atoms with Gasteiger partial charge in [-0.3, -0.25) is 14.4 Å². The highest BCUT2D eigenvalue weighted by molar-refractivity contribution is 5.95. The smallest absolute Gasteiger partial charge is 0.243 e. The lowest BCUT2D eigenvalue weighted by Crippen LogP contribution is -2.44. The first-order valence-corrected chi connectivity index (χ1v) is 10.8. The number of hydrogen-bond donors (Lipinski definition) is 2. The molecule has 0 saturated heterocycles. The Balaban J connectivity index is 2.55. The fourth-order valence-corrected chi connectivity index (χ4v) is 3.49. The van der Waals surface area contributed by atoms with E-state index in [0.717, 1.165) is 12.0 Å². The first-order valence-electron chi connectivity index (χ1n) is 10.8. The van der Waals surface area contributed by atoms with Gasteiger partial charge in [-0.15, -0.1) is 0 Å². The Bertz CT molecular complexity index is 705. The van der Waals surface area contributed by atoms with Crippen LogP contribution < -0.4 is 10.6 Å². The minimum atomic E-state index is -0.327. The molecule has 0 radical (unpaired) electrons. The normalized spacial score (nSPS) is 12.4. The Kier molecular flexibility index (Phi) is 10.0. The summed E-state index contributed by atoms with van der Waals surface area (Å²) < 4.78 is 0. The van der Waals surface area contributed by atoms with Crippen LogP contribution in [0.1, 0.15) is 59.9 Å². The second-order valence-electron chi connectivity index (χ2n) is 9.93. The number of anilines is 1. The second kappa shape index (κ2) is 11.7. The zero-order valence-corrected chi connectivity index (χ0v) is 19.7. The number of amides is 3. The van der Waals surface area contributed by atoms with Crippen LogP contribution in [0.25, 0.3) is 0 Å². The van der Waals surface area contributed by atoms with Gasteiger partial charge in [-0.2, -0.15) is 0 Å². The summed E-state index contributed by atoms with van der Waals surface area (Å²) in [6.07, 6.45) is 1.37. The van der Waals surface area contributed by atoms with Gasteiger partial charge in [0.1, 0.15) is 0 Å². The van der Waals surface area contributed by atoms with Crippen molar-refractivity contribution in [1.29, 1.82) is 0 Å². The van der Waals surface area contributed by atoms with E-state index in [0.29, 0.717) is 18.7 Å². The van der Waals surface area contributed by atoms with Gasteiger partial charge >= 0.3 is 0 Å². The van der Waals surface area contributed by atoms with E-state index in [1.54, 1.807) is 4.90 Å². The quantitative estimate of drug-likeness (QED) is 0.604. The lowest BCUT2D eigenvalue weighted by molar-refractivity contribution is -0.137. The molecule has 0 heterocycles. The molecule has 1 unspecified atom stereocenters.